The summed E-state index contributed by atoms with van der Waals surface area (Å²) in [6.45, 7) is 4.48. The highest BCUT2D eigenvalue weighted by Gasteiger charge is 2.29. The topological polar surface area (TPSA) is 181 Å². The summed E-state index contributed by atoms with van der Waals surface area (Å²) in [4.78, 5) is 36.6. The molecule has 0 aliphatic rings. The SMILES string of the molecule is CC(C)[C@@H](NC(=O)OCc1ccccc1)C(=O)NC(CCCNC(N)=O)C(O)Nc1ccc(CCN)cc1. The average molecular weight is 529 g/mol. The first-order chi connectivity index (χ1) is 18.2. The monoisotopic (exact) mass is 528 g/mol. The molecule has 4 amide bonds. The molecule has 11 nitrogen and oxygen atoms in total. The van der Waals surface area contributed by atoms with Crippen LogP contribution in [0, 0.1) is 5.92 Å². The van der Waals surface area contributed by atoms with E-state index in [1.54, 1.807) is 13.8 Å². The lowest BCUT2D eigenvalue weighted by molar-refractivity contribution is -0.125. The Morgan fingerprint density at radius 3 is 2.26 bits per heavy atom. The second kappa shape index (κ2) is 16.1. The summed E-state index contributed by atoms with van der Waals surface area (Å²) < 4.78 is 5.27. The third-order valence-electron chi connectivity index (χ3n) is 5.84. The summed E-state index contributed by atoms with van der Waals surface area (Å²) in [6.07, 6.45) is -0.353. The van der Waals surface area contributed by atoms with Crippen LogP contribution in [0.2, 0.25) is 0 Å². The summed E-state index contributed by atoms with van der Waals surface area (Å²) >= 11 is 0. The van der Waals surface area contributed by atoms with Gasteiger partial charge in [0, 0.05) is 12.2 Å². The van der Waals surface area contributed by atoms with Crippen molar-refractivity contribution in [3.05, 3.63) is 65.7 Å². The molecule has 208 valence electrons. The van der Waals surface area contributed by atoms with E-state index in [0.29, 0.717) is 25.1 Å². The van der Waals surface area contributed by atoms with Crippen LogP contribution in [0.1, 0.15) is 37.8 Å². The Balaban J connectivity index is 2.03. The van der Waals surface area contributed by atoms with E-state index in [4.69, 9.17) is 16.2 Å². The average Bonchev–Trinajstić information content (AvgIpc) is 2.89. The minimum Gasteiger partial charge on any atom is -0.445 e. The van der Waals surface area contributed by atoms with Crippen LogP contribution in [0.5, 0.6) is 0 Å². The maximum absolute atomic E-state index is 13.2. The van der Waals surface area contributed by atoms with Crippen molar-refractivity contribution in [2.24, 2.45) is 17.4 Å². The van der Waals surface area contributed by atoms with Gasteiger partial charge in [0.25, 0.3) is 0 Å². The largest absolute Gasteiger partial charge is 0.445 e. The molecule has 0 heterocycles. The summed E-state index contributed by atoms with van der Waals surface area (Å²) in [5.74, 6) is -0.722. The molecule has 0 spiro atoms. The Morgan fingerprint density at radius 1 is 0.974 bits per heavy atom. The number of nitrogens with one attached hydrogen (secondary N) is 4. The maximum Gasteiger partial charge on any atom is 0.408 e. The number of aliphatic hydroxyl groups is 1. The molecular weight excluding hydrogens is 488 g/mol. The number of anilines is 1. The van der Waals surface area contributed by atoms with Gasteiger partial charge in [-0.1, -0.05) is 56.3 Å². The van der Waals surface area contributed by atoms with Crippen molar-refractivity contribution in [3.63, 3.8) is 0 Å². The molecule has 11 heteroatoms. The van der Waals surface area contributed by atoms with Gasteiger partial charge < -0.3 is 42.6 Å². The van der Waals surface area contributed by atoms with Gasteiger partial charge >= 0.3 is 12.1 Å². The highest BCUT2D eigenvalue weighted by Crippen LogP contribution is 2.14. The Labute approximate surface area is 223 Å². The Bertz CT molecular complexity index is 1000. The van der Waals surface area contributed by atoms with Gasteiger partial charge in [-0.25, -0.2) is 9.59 Å². The first kappa shape index (κ1) is 30.4. The van der Waals surface area contributed by atoms with Gasteiger partial charge in [-0.2, -0.15) is 0 Å². The number of ether oxygens (including phenoxy) is 1. The molecule has 0 fully saturated rings. The lowest BCUT2D eigenvalue weighted by Gasteiger charge is -2.29. The number of hydrogen-bond acceptors (Lipinski definition) is 7. The van der Waals surface area contributed by atoms with Gasteiger partial charge in [-0.3, -0.25) is 4.79 Å². The van der Waals surface area contributed by atoms with E-state index in [9.17, 15) is 19.5 Å². The molecule has 0 aliphatic carbocycles. The second-order valence-electron chi connectivity index (χ2n) is 9.30. The number of carbonyl (C=O) groups excluding carboxylic acids is 3. The smallest absolute Gasteiger partial charge is 0.408 e. The zero-order valence-corrected chi connectivity index (χ0v) is 22.0. The Kier molecular flexibility index (Phi) is 12.9. The van der Waals surface area contributed by atoms with Crippen molar-refractivity contribution in [3.8, 4) is 0 Å². The van der Waals surface area contributed by atoms with Crippen molar-refractivity contribution in [1.29, 1.82) is 0 Å². The third kappa shape index (κ3) is 11.1. The number of carbonyl (C=O) groups is 3. The molecule has 2 unspecified atom stereocenters. The Hall–Kier alpha value is -3.83. The highest BCUT2D eigenvalue weighted by atomic mass is 16.5. The first-order valence-corrected chi connectivity index (χ1v) is 12.7. The van der Waals surface area contributed by atoms with Crippen LogP contribution < -0.4 is 32.7 Å². The van der Waals surface area contributed by atoms with Crippen molar-refractivity contribution >= 4 is 23.7 Å². The standard InChI is InChI=1S/C27H40N6O5/c1-18(2)23(33-27(37)38-17-20-7-4-3-5-8-20)25(35)32-22(9-6-16-30-26(29)36)24(34)31-21-12-10-19(11-13-21)14-15-28/h3-5,7-8,10-13,18,22-24,31,34H,6,9,14-17,28H2,1-2H3,(H,32,35)(H,33,37)(H3,29,30,36)/t22?,23-,24?/m1/s1. The molecule has 38 heavy (non-hydrogen) atoms. The van der Waals surface area contributed by atoms with Crippen molar-refractivity contribution in [2.45, 2.75) is 58.0 Å². The fourth-order valence-electron chi connectivity index (χ4n) is 3.75. The fourth-order valence-corrected chi connectivity index (χ4v) is 3.75. The molecule has 0 radical (unpaired) electrons. The van der Waals surface area contributed by atoms with E-state index in [2.05, 4.69) is 21.3 Å². The summed E-state index contributed by atoms with van der Waals surface area (Å²) in [5, 5.41) is 21.9. The highest BCUT2D eigenvalue weighted by molar-refractivity contribution is 5.86. The van der Waals surface area contributed by atoms with E-state index in [1.807, 2.05) is 54.6 Å². The van der Waals surface area contributed by atoms with Gasteiger partial charge in [-0.05, 0) is 55.0 Å². The van der Waals surface area contributed by atoms with E-state index in [-0.39, 0.29) is 19.1 Å². The maximum atomic E-state index is 13.2. The van der Waals surface area contributed by atoms with Crippen LogP contribution >= 0.6 is 0 Å². The van der Waals surface area contributed by atoms with E-state index < -0.39 is 36.3 Å². The number of urea groups is 1. The van der Waals surface area contributed by atoms with Crippen LogP contribution in [0.3, 0.4) is 0 Å². The summed E-state index contributed by atoms with van der Waals surface area (Å²) in [6, 6.07) is 14.4. The van der Waals surface area contributed by atoms with Crippen molar-refractivity contribution < 1.29 is 24.2 Å². The number of benzene rings is 2. The molecule has 0 bridgehead atoms. The van der Waals surface area contributed by atoms with E-state index in [1.165, 1.54) is 0 Å². The van der Waals surface area contributed by atoms with Crippen molar-refractivity contribution in [1.82, 2.24) is 16.0 Å². The lowest BCUT2D eigenvalue weighted by Crippen LogP contribution is -2.55. The number of hydrogen-bond donors (Lipinski definition) is 7. The van der Waals surface area contributed by atoms with Crippen LogP contribution in [-0.4, -0.2) is 54.5 Å². The van der Waals surface area contributed by atoms with Gasteiger partial charge in [0.15, 0.2) is 0 Å². The lowest BCUT2D eigenvalue weighted by atomic mass is 10.0. The number of rotatable bonds is 15. The molecule has 2 rings (SSSR count). The predicted molar refractivity (Wildman–Crippen MR) is 146 cm³/mol. The van der Waals surface area contributed by atoms with Gasteiger partial charge in [-0.15, -0.1) is 0 Å². The van der Waals surface area contributed by atoms with Gasteiger partial charge in [0.1, 0.15) is 18.9 Å². The number of aliphatic hydroxyl groups excluding tert-OH is 1. The molecule has 0 saturated carbocycles. The van der Waals surface area contributed by atoms with E-state index >= 15 is 0 Å². The Morgan fingerprint density at radius 2 is 1.66 bits per heavy atom. The van der Waals surface area contributed by atoms with Crippen LogP contribution in [-0.2, 0) is 22.6 Å². The molecule has 9 N–H and O–H groups in total. The summed E-state index contributed by atoms with van der Waals surface area (Å²) in [5.41, 5.74) is 13.3. The number of nitrogens with two attached hydrogens (primary N) is 2. The number of primary amides is 1. The van der Waals surface area contributed by atoms with Gasteiger partial charge in [0.05, 0.1) is 6.04 Å². The minimum atomic E-state index is -1.15. The molecule has 0 saturated heterocycles. The molecule has 0 aromatic heterocycles. The van der Waals surface area contributed by atoms with Gasteiger partial charge in [0.2, 0.25) is 5.91 Å². The zero-order chi connectivity index (χ0) is 27.9. The van der Waals surface area contributed by atoms with Crippen LogP contribution in [0.25, 0.3) is 0 Å². The molecule has 2 aromatic rings. The summed E-state index contributed by atoms with van der Waals surface area (Å²) in [7, 11) is 0. The van der Waals surface area contributed by atoms with Crippen LogP contribution in [0.15, 0.2) is 54.6 Å². The predicted octanol–water partition coefficient (Wildman–Crippen LogP) is 1.80. The second-order valence-corrected chi connectivity index (χ2v) is 9.30. The quantitative estimate of drug-likeness (QED) is 0.136. The fraction of sp³-hybridized carbons (Fsp3) is 0.444. The van der Waals surface area contributed by atoms with E-state index in [0.717, 1.165) is 17.5 Å². The first-order valence-electron chi connectivity index (χ1n) is 12.7. The molecule has 3 atom stereocenters. The molecule has 2 aromatic carbocycles. The molecular formula is C27H40N6O5. The number of amides is 4. The number of alkyl carbamates (subject to hydrolysis) is 1. The third-order valence-corrected chi connectivity index (χ3v) is 5.84. The minimum absolute atomic E-state index is 0.0707. The zero-order valence-electron chi connectivity index (χ0n) is 22.0. The molecule has 0 aliphatic heterocycles. The van der Waals surface area contributed by atoms with Crippen LogP contribution in [0.4, 0.5) is 15.3 Å². The normalized spacial score (nSPS) is 13.2. The van der Waals surface area contributed by atoms with Crippen molar-refractivity contribution in [2.75, 3.05) is 18.4 Å².